The van der Waals surface area contributed by atoms with Gasteiger partial charge in [-0.2, -0.15) is 0 Å². The van der Waals surface area contributed by atoms with E-state index in [0.717, 1.165) is 30.0 Å². The zero-order valence-corrected chi connectivity index (χ0v) is 11.2. The van der Waals surface area contributed by atoms with Crippen LogP contribution in [0.15, 0.2) is 18.3 Å². The third kappa shape index (κ3) is 2.04. The van der Waals surface area contributed by atoms with Crippen LogP contribution >= 0.6 is 0 Å². The minimum absolute atomic E-state index is 0.626. The van der Waals surface area contributed by atoms with Crippen molar-refractivity contribution in [2.45, 2.75) is 19.9 Å². The first-order valence-electron chi connectivity index (χ1n) is 6.19. The van der Waals surface area contributed by atoms with E-state index < -0.39 is 0 Å². The normalized spacial score (nSPS) is 10.9. The summed E-state index contributed by atoms with van der Waals surface area (Å²) in [4.78, 5) is 0. The lowest BCUT2D eigenvalue weighted by Gasteiger charge is -2.09. The van der Waals surface area contributed by atoms with Gasteiger partial charge in [0.15, 0.2) is 11.5 Å². The van der Waals surface area contributed by atoms with E-state index in [0.29, 0.717) is 6.54 Å². The molecule has 0 saturated carbocycles. The summed E-state index contributed by atoms with van der Waals surface area (Å²) in [5.41, 5.74) is 8.11. The number of rotatable bonds is 5. The van der Waals surface area contributed by atoms with E-state index >= 15 is 0 Å². The number of benzene rings is 1. The van der Waals surface area contributed by atoms with Gasteiger partial charge in [-0.1, -0.05) is 6.92 Å². The van der Waals surface area contributed by atoms with Gasteiger partial charge in [0.1, 0.15) is 0 Å². The highest BCUT2D eigenvalue weighted by atomic mass is 16.5. The summed E-state index contributed by atoms with van der Waals surface area (Å²) in [6, 6.07) is 4.06. The highest BCUT2D eigenvalue weighted by Crippen LogP contribution is 2.34. The van der Waals surface area contributed by atoms with E-state index in [1.807, 2.05) is 12.1 Å². The van der Waals surface area contributed by atoms with E-state index in [-0.39, 0.29) is 0 Å². The molecule has 0 radical (unpaired) electrons. The zero-order valence-electron chi connectivity index (χ0n) is 11.2. The monoisotopic (exact) mass is 248 g/mol. The van der Waals surface area contributed by atoms with Crippen molar-refractivity contribution in [3.8, 4) is 11.5 Å². The van der Waals surface area contributed by atoms with Crippen molar-refractivity contribution in [2.24, 2.45) is 5.73 Å². The van der Waals surface area contributed by atoms with Crippen molar-refractivity contribution in [1.29, 1.82) is 0 Å². The fourth-order valence-corrected chi connectivity index (χ4v) is 2.30. The topological polar surface area (TPSA) is 49.4 Å². The lowest BCUT2D eigenvalue weighted by molar-refractivity contribution is 0.355. The molecule has 0 amide bonds. The number of aryl methyl sites for hydroxylation is 1. The Morgan fingerprint density at radius 3 is 2.39 bits per heavy atom. The van der Waals surface area contributed by atoms with E-state index in [2.05, 4.69) is 17.7 Å². The number of hydrogen-bond acceptors (Lipinski definition) is 3. The molecule has 0 aliphatic carbocycles. The molecule has 2 N–H and O–H groups in total. The van der Waals surface area contributed by atoms with Gasteiger partial charge in [0.05, 0.1) is 19.7 Å². The van der Waals surface area contributed by atoms with Crippen molar-refractivity contribution in [2.75, 3.05) is 20.8 Å². The van der Waals surface area contributed by atoms with Gasteiger partial charge in [0.25, 0.3) is 0 Å². The highest BCUT2D eigenvalue weighted by Gasteiger charge is 2.12. The zero-order chi connectivity index (χ0) is 13.1. The molecule has 4 nitrogen and oxygen atoms in total. The number of methoxy groups -OCH3 is 2. The second-order valence-corrected chi connectivity index (χ2v) is 4.21. The van der Waals surface area contributed by atoms with Gasteiger partial charge in [0.2, 0.25) is 0 Å². The van der Waals surface area contributed by atoms with E-state index in [9.17, 15) is 0 Å². The van der Waals surface area contributed by atoms with Gasteiger partial charge < -0.3 is 19.8 Å². The molecule has 2 rings (SSSR count). The Balaban J connectivity index is 2.67. The van der Waals surface area contributed by atoms with Crippen LogP contribution in [0.4, 0.5) is 0 Å². The Kier molecular flexibility index (Phi) is 3.77. The Bertz CT molecular complexity index is 546. The molecule has 2 aromatic rings. The summed E-state index contributed by atoms with van der Waals surface area (Å²) in [7, 11) is 3.31. The average Bonchev–Trinajstić information content (AvgIpc) is 2.75. The fraction of sp³-hybridized carbons (Fsp3) is 0.429. The maximum atomic E-state index is 5.65. The Hall–Kier alpha value is -1.68. The molecule has 0 saturated heterocycles. The largest absolute Gasteiger partial charge is 0.493 e. The molecule has 0 aliphatic rings. The van der Waals surface area contributed by atoms with Crippen molar-refractivity contribution >= 4 is 10.9 Å². The average molecular weight is 248 g/mol. The molecular weight excluding hydrogens is 228 g/mol. The molecule has 0 atom stereocenters. The number of fused-ring (bicyclic) bond motifs is 1. The number of nitrogens with two attached hydrogens (primary N) is 1. The quantitative estimate of drug-likeness (QED) is 0.882. The molecule has 98 valence electrons. The highest BCUT2D eigenvalue weighted by molar-refractivity contribution is 5.87. The Morgan fingerprint density at radius 2 is 1.83 bits per heavy atom. The summed E-state index contributed by atoms with van der Waals surface area (Å²) in [5, 5.41) is 1.21. The fourth-order valence-electron chi connectivity index (χ4n) is 2.30. The second-order valence-electron chi connectivity index (χ2n) is 4.21. The molecule has 18 heavy (non-hydrogen) atoms. The number of nitrogens with zero attached hydrogens (tertiary/aromatic N) is 1. The summed E-state index contributed by atoms with van der Waals surface area (Å²) in [6.45, 7) is 3.59. The molecule has 4 heteroatoms. The predicted molar refractivity (Wildman–Crippen MR) is 73.5 cm³/mol. The molecule has 0 spiro atoms. The van der Waals surface area contributed by atoms with E-state index in [4.69, 9.17) is 15.2 Å². The van der Waals surface area contributed by atoms with Crippen LogP contribution in [0, 0.1) is 0 Å². The second kappa shape index (κ2) is 5.31. The van der Waals surface area contributed by atoms with Crippen molar-refractivity contribution < 1.29 is 9.47 Å². The number of aromatic nitrogens is 1. The molecule has 0 unspecified atom stereocenters. The van der Waals surface area contributed by atoms with Gasteiger partial charge >= 0.3 is 0 Å². The summed E-state index contributed by atoms with van der Waals surface area (Å²) in [6.07, 6.45) is 3.15. The van der Waals surface area contributed by atoms with Crippen LogP contribution in [0.5, 0.6) is 11.5 Å². The van der Waals surface area contributed by atoms with Crippen molar-refractivity contribution in [3.05, 3.63) is 23.9 Å². The van der Waals surface area contributed by atoms with Crippen LogP contribution in [0.1, 0.15) is 12.5 Å². The molecule has 0 aliphatic heterocycles. The Labute approximate surface area is 107 Å². The van der Waals surface area contributed by atoms with Gasteiger partial charge in [-0.15, -0.1) is 0 Å². The third-order valence-corrected chi connectivity index (χ3v) is 3.22. The first kappa shape index (κ1) is 12.8. The minimum atomic E-state index is 0.626. The maximum absolute atomic E-state index is 5.65. The summed E-state index contributed by atoms with van der Waals surface area (Å²) >= 11 is 0. The minimum Gasteiger partial charge on any atom is -0.493 e. The van der Waals surface area contributed by atoms with Gasteiger partial charge in [-0.05, 0) is 18.1 Å². The third-order valence-electron chi connectivity index (χ3n) is 3.22. The van der Waals surface area contributed by atoms with Crippen LogP contribution in [-0.4, -0.2) is 25.3 Å². The molecule has 1 aromatic carbocycles. The van der Waals surface area contributed by atoms with Crippen molar-refractivity contribution in [3.63, 3.8) is 0 Å². The first-order chi connectivity index (χ1) is 8.74. The standard InChI is InChI=1S/C14H20N2O2/c1-4-10-9-16(6-5-15)12-8-14(18-3)13(17-2)7-11(10)12/h7-9H,4-6,15H2,1-3H3. The summed E-state index contributed by atoms with van der Waals surface area (Å²) in [5.74, 6) is 1.52. The van der Waals surface area contributed by atoms with Gasteiger partial charge in [0, 0.05) is 30.7 Å². The van der Waals surface area contributed by atoms with E-state index in [1.54, 1.807) is 14.2 Å². The molecule has 0 fully saturated rings. The molecule has 0 bridgehead atoms. The van der Waals surface area contributed by atoms with Crippen LogP contribution in [0.3, 0.4) is 0 Å². The van der Waals surface area contributed by atoms with Gasteiger partial charge in [-0.3, -0.25) is 0 Å². The van der Waals surface area contributed by atoms with E-state index in [1.165, 1.54) is 10.9 Å². The van der Waals surface area contributed by atoms with Crippen LogP contribution in [0.2, 0.25) is 0 Å². The number of hydrogen-bond donors (Lipinski definition) is 1. The van der Waals surface area contributed by atoms with Gasteiger partial charge in [-0.25, -0.2) is 0 Å². The molecular formula is C14H20N2O2. The number of ether oxygens (including phenoxy) is 2. The lowest BCUT2D eigenvalue weighted by atomic mass is 10.1. The summed E-state index contributed by atoms with van der Waals surface area (Å²) < 4.78 is 12.9. The maximum Gasteiger partial charge on any atom is 0.162 e. The van der Waals surface area contributed by atoms with Crippen molar-refractivity contribution in [1.82, 2.24) is 4.57 Å². The molecule has 1 aromatic heterocycles. The first-order valence-corrected chi connectivity index (χ1v) is 6.19. The van der Waals surface area contributed by atoms with Crippen LogP contribution < -0.4 is 15.2 Å². The lowest BCUT2D eigenvalue weighted by Crippen LogP contribution is -2.08. The Morgan fingerprint density at radius 1 is 1.17 bits per heavy atom. The predicted octanol–water partition coefficient (Wildman–Crippen LogP) is 2.18. The van der Waals surface area contributed by atoms with Crippen LogP contribution in [0.25, 0.3) is 10.9 Å². The molecule has 1 heterocycles. The smallest absolute Gasteiger partial charge is 0.162 e. The SMILES string of the molecule is CCc1cn(CCN)c2cc(OC)c(OC)cc12. The van der Waals surface area contributed by atoms with Crippen LogP contribution in [-0.2, 0) is 13.0 Å².